The molecule has 0 aliphatic carbocycles. The fraction of sp³-hybridized carbons (Fsp3) is 0.462. The van der Waals surface area contributed by atoms with Gasteiger partial charge in [-0.1, -0.05) is 18.5 Å². The summed E-state index contributed by atoms with van der Waals surface area (Å²) in [4.78, 5) is 5.59. The molecule has 0 fully saturated rings. The average Bonchev–Trinajstić information content (AvgIpc) is 2.88. The van der Waals surface area contributed by atoms with Crippen LogP contribution in [-0.2, 0) is 13.5 Å². The predicted molar refractivity (Wildman–Crippen MR) is 77.4 cm³/mol. The summed E-state index contributed by atoms with van der Waals surface area (Å²) in [7, 11) is 2.02. The van der Waals surface area contributed by atoms with Crippen LogP contribution in [0.2, 0.25) is 5.02 Å². The molecule has 0 saturated carbocycles. The van der Waals surface area contributed by atoms with Gasteiger partial charge in [0, 0.05) is 30.7 Å². The van der Waals surface area contributed by atoms with E-state index in [-0.39, 0.29) is 6.04 Å². The Morgan fingerprint density at radius 3 is 2.83 bits per heavy atom. The number of hydrogen-bond acceptors (Lipinski definition) is 3. The van der Waals surface area contributed by atoms with Crippen LogP contribution in [0.5, 0.6) is 0 Å². The van der Waals surface area contributed by atoms with Gasteiger partial charge >= 0.3 is 0 Å². The highest BCUT2D eigenvalue weighted by Crippen LogP contribution is 2.33. The third-order valence-electron chi connectivity index (χ3n) is 3.00. The van der Waals surface area contributed by atoms with E-state index >= 15 is 0 Å². The van der Waals surface area contributed by atoms with Crippen LogP contribution in [-0.4, -0.2) is 16.1 Å². The van der Waals surface area contributed by atoms with E-state index in [0.29, 0.717) is 0 Å². The number of imidazole rings is 1. The van der Waals surface area contributed by atoms with Crippen molar-refractivity contribution in [3.05, 3.63) is 39.1 Å². The number of halogens is 1. The zero-order valence-electron chi connectivity index (χ0n) is 10.9. The zero-order valence-corrected chi connectivity index (χ0v) is 12.5. The summed E-state index contributed by atoms with van der Waals surface area (Å²) in [6.07, 6.45) is 4.66. The molecule has 18 heavy (non-hydrogen) atoms. The molecular weight excluding hydrogens is 266 g/mol. The predicted octanol–water partition coefficient (Wildman–Crippen LogP) is 3.34. The summed E-state index contributed by atoms with van der Waals surface area (Å²) in [5.74, 6) is 1.07. The third kappa shape index (κ3) is 2.76. The van der Waals surface area contributed by atoms with Crippen LogP contribution < -0.4 is 5.32 Å². The molecule has 1 N–H and O–H groups in total. The topological polar surface area (TPSA) is 29.9 Å². The van der Waals surface area contributed by atoms with E-state index in [1.54, 1.807) is 11.3 Å². The lowest BCUT2D eigenvalue weighted by molar-refractivity contribution is 0.536. The standard InChI is InChI=1S/C13H18ClN3S/c1-4-15-10(7-11-16-5-6-17(11)3)13-12(14)9(2)8-18-13/h5-6,8,10,15H,4,7H2,1-3H3. The minimum Gasteiger partial charge on any atom is -0.338 e. The first-order valence-electron chi connectivity index (χ1n) is 6.06. The monoisotopic (exact) mass is 283 g/mol. The van der Waals surface area contributed by atoms with Gasteiger partial charge in [0.05, 0.1) is 11.1 Å². The Labute approximate surface area is 117 Å². The van der Waals surface area contributed by atoms with Gasteiger partial charge in [0.1, 0.15) is 5.82 Å². The average molecular weight is 284 g/mol. The van der Waals surface area contributed by atoms with E-state index in [9.17, 15) is 0 Å². The number of hydrogen-bond donors (Lipinski definition) is 1. The zero-order chi connectivity index (χ0) is 13.1. The molecule has 2 aromatic rings. The Morgan fingerprint density at radius 1 is 1.56 bits per heavy atom. The first-order valence-corrected chi connectivity index (χ1v) is 7.32. The number of nitrogens with one attached hydrogen (secondary N) is 1. The number of likely N-dealkylation sites (N-methyl/N-ethyl adjacent to an activating group) is 1. The maximum Gasteiger partial charge on any atom is 0.110 e. The molecule has 3 nitrogen and oxygen atoms in total. The molecule has 0 aliphatic heterocycles. The van der Waals surface area contributed by atoms with E-state index in [1.165, 1.54) is 4.88 Å². The van der Waals surface area contributed by atoms with Crippen LogP contribution in [0.25, 0.3) is 0 Å². The number of rotatable bonds is 5. The minimum absolute atomic E-state index is 0.238. The SMILES string of the molecule is CCNC(Cc1nccn1C)c1scc(C)c1Cl. The number of aryl methyl sites for hydroxylation is 2. The van der Waals surface area contributed by atoms with Crippen molar-refractivity contribution in [1.82, 2.24) is 14.9 Å². The lowest BCUT2D eigenvalue weighted by Crippen LogP contribution is -2.23. The molecule has 2 heterocycles. The van der Waals surface area contributed by atoms with Gasteiger partial charge in [-0.05, 0) is 24.4 Å². The van der Waals surface area contributed by atoms with Gasteiger partial charge in [-0.3, -0.25) is 0 Å². The van der Waals surface area contributed by atoms with Crippen molar-refractivity contribution in [2.75, 3.05) is 6.54 Å². The van der Waals surface area contributed by atoms with Crippen LogP contribution in [0.1, 0.15) is 29.2 Å². The Hall–Kier alpha value is -0.840. The van der Waals surface area contributed by atoms with Gasteiger partial charge in [-0.15, -0.1) is 11.3 Å². The Bertz CT molecular complexity index is 518. The summed E-state index contributed by atoms with van der Waals surface area (Å²) in [6.45, 7) is 5.08. The van der Waals surface area contributed by atoms with Gasteiger partial charge in [-0.2, -0.15) is 0 Å². The molecule has 1 atom stereocenters. The lowest BCUT2D eigenvalue weighted by atomic mass is 10.1. The molecule has 98 valence electrons. The molecule has 0 bridgehead atoms. The summed E-state index contributed by atoms with van der Waals surface area (Å²) in [5.41, 5.74) is 1.15. The van der Waals surface area contributed by atoms with Gasteiger partial charge in [0.2, 0.25) is 0 Å². The molecular formula is C13H18ClN3S. The van der Waals surface area contributed by atoms with Crippen molar-refractivity contribution in [1.29, 1.82) is 0 Å². The van der Waals surface area contributed by atoms with Crippen molar-refractivity contribution < 1.29 is 0 Å². The molecule has 2 rings (SSSR count). The van der Waals surface area contributed by atoms with Crippen molar-refractivity contribution in [3.63, 3.8) is 0 Å². The van der Waals surface area contributed by atoms with E-state index in [1.807, 2.05) is 26.4 Å². The normalized spacial score (nSPS) is 12.9. The van der Waals surface area contributed by atoms with E-state index in [2.05, 4.69) is 27.2 Å². The molecule has 5 heteroatoms. The highest BCUT2D eigenvalue weighted by atomic mass is 35.5. The Morgan fingerprint density at radius 2 is 2.33 bits per heavy atom. The summed E-state index contributed by atoms with van der Waals surface area (Å²) in [6, 6.07) is 0.238. The van der Waals surface area contributed by atoms with Gasteiger partial charge in [-0.25, -0.2) is 4.98 Å². The van der Waals surface area contributed by atoms with Crippen LogP contribution >= 0.6 is 22.9 Å². The maximum atomic E-state index is 6.36. The molecule has 0 saturated heterocycles. The second-order valence-electron chi connectivity index (χ2n) is 4.37. The summed E-state index contributed by atoms with van der Waals surface area (Å²) >= 11 is 8.08. The highest BCUT2D eigenvalue weighted by Gasteiger charge is 2.19. The number of aromatic nitrogens is 2. The first-order chi connectivity index (χ1) is 8.63. The fourth-order valence-corrected chi connectivity index (χ4v) is 3.37. The van der Waals surface area contributed by atoms with Gasteiger partial charge in [0.25, 0.3) is 0 Å². The summed E-state index contributed by atoms with van der Waals surface area (Å²) in [5, 5.41) is 6.49. The largest absolute Gasteiger partial charge is 0.338 e. The number of nitrogens with zero attached hydrogens (tertiary/aromatic N) is 2. The fourth-order valence-electron chi connectivity index (χ4n) is 1.96. The van der Waals surface area contributed by atoms with Crippen molar-refractivity contribution >= 4 is 22.9 Å². The van der Waals surface area contributed by atoms with Crippen molar-refractivity contribution in [2.24, 2.45) is 7.05 Å². The maximum absolute atomic E-state index is 6.36. The Kier molecular flexibility index (Phi) is 4.43. The van der Waals surface area contributed by atoms with Gasteiger partial charge in [0.15, 0.2) is 0 Å². The lowest BCUT2D eigenvalue weighted by Gasteiger charge is -2.17. The second-order valence-corrected chi connectivity index (χ2v) is 5.65. The van der Waals surface area contributed by atoms with E-state index < -0.39 is 0 Å². The van der Waals surface area contributed by atoms with Gasteiger partial charge < -0.3 is 9.88 Å². The smallest absolute Gasteiger partial charge is 0.110 e. The first kappa shape index (κ1) is 13.6. The van der Waals surface area contributed by atoms with Crippen LogP contribution in [0.4, 0.5) is 0 Å². The van der Waals surface area contributed by atoms with E-state index in [0.717, 1.165) is 29.4 Å². The Balaban J connectivity index is 2.23. The quantitative estimate of drug-likeness (QED) is 0.912. The van der Waals surface area contributed by atoms with Crippen LogP contribution in [0.3, 0.4) is 0 Å². The molecule has 0 aromatic carbocycles. The minimum atomic E-state index is 0.238. The van der Waals surface area contributed by atoms with Crippen molar-refractivity contribution in [2.45, 2.75) is 26.3 Å². The van der Waals surface area contributed by atoms with E-state index in [4.69, 9.17) is 11.6 Å². The molecule has 0 aliphatic rings. The second kappa shape index (κ2) is 5.87. The van der Waals surface area contributed by atoms with Crippen molar-refractivity contribution in [3.8, 4) is 0 Å². The number of thiophene rings is 1. The molecule has 1 unspecified atom stereocenters. The van der Waals surface area contributed by atoms with Crippen LogP contribution in [0, 0.1) is 6.92 Å². The van der Waals surface area contributed by atoms with Crippen LogP contribution in [0.15, 0.2) is 17.8 Å². The highest BCUT2D eigenvalue weighted by molar-refractivity contribution is 7.10. The third-order valence-corrected chi connectivity index (χ3v) is 4.83. The molecule has 2 aromatic heterocycles. The molecule has 0 spiro atoms. The summed E-state index contributed by atoms with van der Waals surface area (Å²) < 4.78 is 2.05. The molecule has 0 amide bonds. The molecule has 0 radical (unpaired) electrons.